The van der Waals surface area contributed by atoms with Crippen LogP contribution in [0.15, 0.2) is 60.2 Å². The number of benzene rings is 3. The molecule has 0 saturated carbocycles. The Kier molecular flexibility index (Phi) is 8.47. The van der Waals surface area contributed by atoms with Crippen molar-refractivity contribution in [2.45, 2.75) is 66.5 Å². The average molecular weight is 558 g/mol. The summed E-state index contributed by atoms with van der Waals surface area (Å²) < 4.78 is 11.5. The van der Waals surface area contributed by atoms with E-state index in [4.69, 9.17) is 9.47 Å². The molecule has 2 N–H and O–H groups in total. The number of aryl methyl sites for hydroxylation is 2. The Morgan fingerprint density at radius 1 is 0.902 bits per heavy atom. The standard InChI is InChI=1S/C34H39NO6/c1-8-40-27-15-13-23(17-25(27)34(5,6)7)31(37)29-30(22-12-14-26(36)28(18-22)41-9-2)35(33(39)32(29)38)19-24-16-20(3)10-11-21(24)4/h10-18,30,36-37H,8-9,19H2,1-7H3/b31-29+. The average Bonchev–Trinajstić information content (AvgIpc) is 3.16. The fraction of sp³-hybridized carbons (Fsp3) is 0.353. The Balaban J connectivity index is 1.94. The van der Waals surface area contributed by atoms with Crippen molar-refractivity contribution in [3.05, 3.63) is 93.6 Å². The van der Waals surface area contributed by atoms with E-state index in [1.165, 1.54) is 11.0 Å². The highest BCUT2D eigenvalue weighted by Gasteiger charge is 2.46. The first kappa shape index (κ1) is 29.7. The van der Waals surface area contributed by atoms with Crippen LogP contribution in [0.4, 0.5) is 0 Å². The second-order valence-electron chi connectivity index (χ2n) is 11.4. The number of phenols is 1. The van der Waals surface area contributed by atoms with Crippen molar-refractivity contribution >= 4 is 17.4 Å². The molecule has 7 nitrogen and oxygen atoms in total. The number of hydrogen-bond acceptors (Lipinski definition) is 6. The number of Topliss-reactive ketones (excluding diaryl/α,β-unsaturated/α-hetero) is 1. The van der Waals surface area contributed by atoms with Crippen LogP contribution < -0.4 is 9.47 Å². The van der Waals surface area contributed by atoms with Gasteiger partial charge in [-0.1, -0.05) is 50.6 Å². The van der Waals surface area contributed by atoms with Gasteiger partial charge >= 0.3 is 0 Å². The Labute approximate surface area is 242 Å². The van der Waals surface area contributed by atoms with Gasteiger partial charge in [0.05, 0.1) is 24.8 Å². The van der Waals surface area contributed by atoms with E-state index in [2.05, 4.69) is 0 Å². The summed E-state index contributed by atoms with van der Waals surface area (Å²) in [5.74, 6) is -0.859. The van der Waals surface area contributed by atoms with Crippen LogP contribution in [0.25, 0.3) is 5.76 Å². The maximum absolute atomic E-state index is 13.7. The summed E-state index contributed by atoms with van der Waals surface area (Å²) in [6.07, 6.45) is 0. The van der Waals surface area contributed by atoms with E-state index in [0.717, 1.165) is 22.3 Å². The third kappa shape index (κ3) is 5.94. The molecule has 0 aromatic heterocycles. The van der Waals surface area contributed by atoms with Crippen LogP contribution in [0.2, 0.25) is 0 Å². The lowest BCUT2D eigenvalue weighted by molar-refractivity contribution is -0.140. The maximum atomic E-state index is 13.7. The molecule has 1 saturated heterocycles. The number of ether oxygens (including phenoxy) is 2. The van der Waals surface area contributed by atoms with Crippen molar-refractivity contribution in [3.8, 4) is 17.2 Å². The van der Waals surface area contributed by atoms with Crippen LogP contribution in [-0.4, -0.2) is 40.0 Å². The van der Waals surface area contributed by atoms with Gasteiger partial charge in [0.15, 0.2) is 11.5 Å². The normalized spacial score (nSPS) is 16.8. The number of carbonyl (C=O) groups is 2. The number of aromatic hydroxyl groups is 1. The second kappa shape index (κ2) is 11.7. The quantitative estimate of drug-likeness (QED) is 0.181. The zero-order valence-corrected chi connectivity index (χ0v) is 24.9. The molecule has 1 atom stereocenters. The third-order valence-electron chi connectivity index (χ3n) is 7.35. The smallest absolute Gasteiger partial charge is 0.295 e. The molecular weight excluding hydrogens is 518 g/mol. The number of aliphatic hydroxyl groups is 1. The number of nitrogens with zero attached hydrogens (tertiary/aromatic N) is 1. The zero-order valence-electron chi connectivity index (χ0n) is 24.9. The minimum atomic E-state index is -0.903. The van der Waals surface area contributed by atoms with E-state index in [1.54, 1.807) is 31.2 Å². The highest BCUT2D eigenvalue weighted by Crippen LogP contribution is 2.43. The lowest BCUT2D eigenvalue weighted by Crippen LogP contribution is -2.29. The van der Waals surface area contributed by atoms with Crippen LogP contribution >= 0.6 is 0 Å². The van der Waals surface area contributed by atoms with Gasteiger partial charge in [-0.2, -0.15) is 0 Å². The van der Waals surface area contributed by atoms with Crippen LogP contribution in [0.5, 0.6) is 17.2 Å². The number of phenolic OH excluding ortho intramolecular Hbond substituents is 1. The van der Waals surface area contributed by atoms with Crippen LogP contribution in [-0.2, 0) is 21.5 Å². The first-order valence-electron chi connectivity index (χ1n) is 13.9. The van der Waals surface area contributed by atoms with E-state index in [0.29, 0.717) is 30.1 Å². The second-order valence-corrected chi connectivity index (χ2v) is 11.4. The van der Waals surface area contributed by atoms with E-state index in [-0.39, 0.29) is 34.8 Å². The van der Waals surface area contributed by atoms with Gasteiger partial charge in [0, 0.05) is 17.7 Å². The molecule has 3 aromatic carbocycles. The summed E-state index contributed by atoms with van der Waals surface area (Å²) in [7, 11) is 0. The number of rotatable bonds is 8. The Bertz CT molecular complexity index is 1510. The Morgan fingerprint density at radius 2 is 1.59 bits per heavy atom. The van der Waals surface area contributed by atoms with Crippen LogP contribution in [0.1, 0.15) is 74.0 Å². The fourth-order valence-corrected chi connectivity index (χ4v) is 5.22. The summed E-state index contributed by atoms with van der Waals surface area (Å²) in [5.41, 5.74) is 4.42. The molecule has 41 heavy (non-hydrogen) atoms. The predicted octanol–water partition coefficient (Wildman–Crippen LogP) is 6.73. The molecule has 216 valence electrons. The maximum Gasteiger partial charge on any atom is 0.295 e. The van der Waals surface area contributed by atoms with Crippen molar-refractivity contribution in [3.63, 3.8) is 0 Å². The number of hydrogen-bond donors (Lipinski definition) is 2. The molecular formula is C34H39NO6. The summed E-state index contributed by atoms with van der Waals surface area (Å²) in [6, 6.07) is 15.1. The summed E-state index contributed by atoms with van der Waals surface area (Å²) in [5, 5.41) is 22.1. The van der Waals surface area contributed by atoms with Gasteiger partial charge in [0.2, 0.25) is 0 Å². The van der Waals surface area contributed by atoms with Crippen molar-refractivity contribution in [2.75, 3.05) is 13.2 Å². The molecule has 1 aliphatic rings. The molecule has 1 aliphatic heterocycles. The predicted molar refractivity (Wildman–Crippen MR) is 159 cm³/mol. The van der Waals surface area contributed by atoms with Crippen molar-refractivity contribution in [2.24, 2.45) is 0 Å². The van der Waals surface area contributed by atoms with Gasteiger partial charge in [-0.05, 0) is 80.1 Å². The SMILES string of the molecule is CCOc1cc(C2/C(=C(\O)c3ccc(OCC)c(C(C)(C)C)c3)C(=O)C(=O)N2Cc2cc(C)ccc2C)ccc1O. The summed E-state index contributed by atoms with van der Waals surface area (Å²) in [4.78, 5) is 28.8. The highest BCUT2D eigenvalue weighted by molar-refractivity contribution is 6.46. The third-order valence-corrected chi connectivity index (χ3v) is 7.35. The van der Waals surface area contributed by atoms with E-state index in [9.17, 15) is 19.8 Å². The number of likely N-dealkylation sites (tertiary alicyclic amines) is 1. The first-order valence-corrected chi connectivity index (χ1v) is 13.9. The number of ketones is 1. The molecule has 1 unspecified atom stereocenters. The first-order chi connectivity index (χ1) is 19.4. The zero-order chi connectivity index (χ0) is 30.1. The van der Waals surface area contributed by atoms with E-state index < -0.39 is 17.7 Å². The van der Waals surface area contributed by atoms with Gasteiger partial charge in [-0.15, -0.1) is 0 Å². The lowest BCUT2D eigenvalue weighted by Gasteiger charge is -2.27. The van der Waals surface area contributed by atoms with Gasteiger partial charge < -0.3 is 24.6 Å². The summed E-state index contributed by atoms with van der Waals surface area (Å²) >= 11 is 0. The minimum absolute atomic E-state index is 0.0162. The Morgan fingerprint density at radius 3 is 2.24 bits per heavy atom. The van der Waals surface area contributed by atoms with Gasteiger partial charge in [-0.3, -0.25) is 9.59 Å². The molecule has 3 aromatic rings. The molecule has 1 fully saturated rings. The highest BCUT2D eigenvalue weighted by atomic mass is 16.5. The monoisotopic (exact) mass is 557 g/mol. The van der Waals surface area contributed by atoms with Gasteiger partial charge in [0.25, 0.3) is 11.7 Å². The summed E-state index contributed by atoms with van der Waals surface area (Å²) in [6.45, 7) is 14.8. The fourth-order valence-electron chi connectivity index (χ4n) is 5.22. The van der Waals surface area contributed by atoms with E-state index in [1.807, 2.05) is 65.8 Å². The molecule has 0 spiro atoms. The van der Waals surface area contributed by atoms with Crippen molar-refractivity contribution in [1.82, 2.24) is 4.90 Å². The molecule has 4 rings (SSSR count). The Hall–Kier alpha value is -4.26. The van der Waals surface area contributed by atoms with Crippen LogP contribution in [0, 0.1) is 13.8 Å². The van der Waals surface area contributed by atoms with Gasteiger partial charge in [0.1, 0.15) is 11.5 Å². The number of aliphatic hydroxyl groups excluding tert-OH is 1. The van der Waals surface area contributed by atoms with Crippen molar-refractivity contribution < 1.29 is 29.3 Å². The molecule has 0 radical (unpaired) electrons. The molecule has 0 bridgehead atoms. The molecule has 1 heterocycles. The minimum Gasteiger partial charge on any atom is -0.507 e. The number of amides is 1. The largest absolute Gasteiger partial charge is 0.507 e. The topological polar surface area (TPSA) is 96.3 Å². The van der Waals surface area contributed by atoms with Crippen molar-refractivity contribution in [1.29, 1.82) is 0 Å². The van der Waals surface area contributed by atoms with E-state index >= 15 is 0 Å². The van der Waals surface area contributed by atoms with Gasteiger partial charge in [-0.25, -0.2) is 0 Å². The number of carbonyl (C=O) groups excluding carboxylic acids is 2. The van der Waals surface area contributed by atoms with Crippen LogP contribution in [0.3, 0.4) is 0 Å². The lowest BCUT2D eigenvalue weighted by atomic mass is 9.84. The molecule has 0 aliphatic carbocycles. The molecule has 7 heteroatoms. The molecule has 1 amide bonds.